The number of hydrogen-bond donors (Lipinski definition) is 4. The molecule has 6 atom stereocenters. The molecule has 6 unspecified atom stereocenters. The van der Waals surface area contributed by atoms with E-state index in [0.29, 0.717) is 12.8 Å². The largest absolute Gasteiger partial charge is 0.479 e. The zero-order valence-corrected chi connectivity index (χ0v) is 42.4. The molecule has 0 aliphatic carbocycles. The van der Waals surface area contributed by atoms with Crippen molar-refractivity contribution in [3.8, 4) is 0 Å². The van der Waals surface area contributed by atoms with E-state index in [1.807, 2.05) is 0 Å². The number of allylic oxidation sites excluding steroid dienone is 8. The summed E-state index contributed by atoms with van der Waals surface area (Å²) in [7, 11) is 0. The lowest BCUT2D eigenvalue weighted by atomic mass is 9.99. The third kappa shape index (κ3) is 36.8. The minimum absolute atomic E-state index is 0.180. The van der Waals surface area contributed by atoms with E-state index in [0.717, 1.165) is 70.6 Å². The molecular weight excluding hydrogens is 849 g/mol. The van der Waals surface area contributed by atoms with Gasteiger partial charge >= 0.3 is 17.9 Å². The van der Waals surface area contributed by atoms with Crippen LogP contribution in [0.1, 0.15) is 239 Å². The number of esters is 2. The van der Waals surface area contributed by atoms with Gasteiger partial charge in [0.05, 0.1) is 6.61 Å². The number of carbonyl (C=O) groups excluding carboxylic acids is 2. The molecule has 1 aliphatic heterocycles. The smallest absolute Gasteiger partial charge is 0.335 e. The minimum atomic E-state index is -1.87. The summed E-state index contributed by atoms with van der Waals surface area (Å²) in [5, 5.41) is 40.0. The van der Waals surface area contributed by atoms with E-state index in [1.54, 1.807) is 0 Å². The van der Waals surface area contributed by atoms with Crippen molar-refractivity contribution in [3.05, 3.63) is 48.6 Å². The van der Waals surface area contributed by atoms with Crippen LogP contribution in [0.25, 0.3) is 0 Å². The van der Waals surface area contributed by atoms with Gasteiger partial charge in [-0.2, -0.15) is 0 Å². The third-order valence-corrected chi connectivity index (χ3v) is 12.4. The molecule has 11 nitrogen and oxygen atoms in total. The number of aliphatic carboxylic acids is 1. The van der Waals surface area contributed by atoms with Gasteiger partial charge in [-0.1, -0.05) is 223 Å². The number of hydrogen-bond acceptors (Lipinski definition) is 10. The monoisotopic (exact) mass is 947 g/mol. The Morgan fingerprint density at radius 3 is 1.33 bits per heavy atom. The van der Waals surface area contributed by atoms with Gasteiger partial charge in [-0.15, -0.1) is 0 Å². The van der Waals surface area contributed by atoms with Crippen LogP contribution in [0, 0.1) is 0 Å². The molecule has 388 valence electrons. The molecule has 67 heavy (non-hydrogen) atoms. The third-order valence-electron chi connectivity index (χ3n) is 12.4. The zero-order chi connectivity index (χ0) is 48.8. The summed E-state index contributed by atoms with van der Waals surface area (Å²) in [5.41, 5.74) is 0. The summed E-state index contributed by atoms with van der Waals surface area (Å²) in [6.07, 6.45) is 47.4. The summed E-state index contributed by atoms with van der Waals surface area (Å²) in [4.78, 5) is 37.0. The highest BCUT2D eigenvalue weighted by Crippen LogP contribution is 2.23. The molecule has 1 heterocycles. The number of carboxylic acids is 1. The summed E-state index contributed by atoms with van der Waals surface area (Å²) in [5.74, 6) is -2.46. The molecule has 0 aromatic carbocycles. The SMILES string of the molecule is CC/C=C\C/C=C\C/C=C\C/C=C\CCCCCCC(=O)OCC(COC1OC(C(=O)O)C(O)C(O)C1O)OC(=O)CCCCCCCCCCCCCCCCCCCCCCCCCC. The van der Waals surface area contributed by atoms with Crippen molar-refractivity contribution < 1.29 is 53.8 Å². The quantitative estimate of drug-likeness (QED) is 0.0260. The van der Waals surface area contributed by atoms with Crippen molar-refractivity contribution in [1.29, 1.82) is 0 Å². The first kappa shape index (κ1) is 62.2. The van der Waals surface area contributed by atoms with Crippen LogP contribution in [-0.4, -0.2) is 88.4 Å². The highest BCUT2D eigenvalue weighted by atomic mass is 16.7. The van der Waals surface area contributed by atoms with E-state index in [4.69, 9.17) is 18.9 Å². The van der Waals surface area contributed by atoms with Gasteiger partial charge in [0.15, 0.2) is 18.5 Å². The van der Waals surface area contributed by atoms with Crippen LogP contribution < -0.4 is 0 Å². The number of carboxylic acid groups (broad SMARTS) is 1. The highest BCUT2D eigenvalue weighted by molar-refractivity contribution is 5.73. The lowest BCUT2D eigenvalue weighted by Crippen LogP contribution is -2.60. The topological polar surface area (TPSA) is 169 Å². The molecule has 0 aromatic heterocycles. The van der Waals surface area contributed by atoms with Gasteiger partial charge in [-0.3, -0.25) is 9.59 Å². The fourth-order valence-corrected chi connectivity index (χ4v) is 8.23. The average Bonchev–Trinajstić information content (AvgIpc) is 3.31. The number of ether oxygens (including phenoxy) is 4. The van der Waals surface area contributed by atoms with Gasteiger partial charge in [0.1, 0.15) is 24.9 Å². The number of aliphatic hydroxyl groups is 3. The normalized spacial score (nSPS) is 19.3. The van der Waals surface area contributed by atoms with Gasteiger partial charge in [0.2, 0.25) is 0 Å². The van der Waals surface area contributed by atoms with Crippen LogP contribution in [0.3, 0.4) is 0 Å². The Morgan fingerprint density at radius 2 is 0.881 bits per heavy atom. The molecule has 11 heteroatoms. The van der Waals surface area contributed by atoms with Crippen LogP contribution in [0.15, 0.2) is 48.6 Å². The first-order valence-corrected chi connectivity index (χ1v) is 27.2. The average molecular weight is 947 g/mol. The van der Waals surface area contributed by atoms with Crippen LogP contribution in [0.5, 0.6) is 0 Å². The van der Waals surface area contributed by atoms with Gasteiger partial charge in [0.25, 0.3) is 0 Å². The van der Waals surface area contributed by atoms with Crippen LogP contribution >= 0.6 is 0 Å². The molecule has 0 spiro atoms. The van der Waals surface area contributed by atoms with E-state index in [1.165, 1.54) is 128 Å². The van der Waals surface area contributed by atoms with Crippen molar-refractivity contribution in [2.45, 2.75) is 275 Å². The minimum Gasteiger partial charge on any atom is -0.479 e. The van der Waals surface area contributed by atoms with E-state index in [-0.39, 0.29) is 19.4 Å². The first-order valence-electron chi connectivity index (χ1n) is 27.2. The van der Waals surface area contributed by atoms with Crippen LogP contribution in [-0.2, 0) is 33.3 Å². The zero-order valence-electron chi connectivity index (χ0n) is 42.4. The van der Waals surface area contributed by atoms with Crippen molar-refractivity contribution in [1.82, 2.24) is 0 Å². The number of aliphatic hydroxyl groups excluding tert-OH is 3. The van der Waals surface area contributed by atoms with E-state index in [2.05, 4.69) is 62.5 Å². The molecule has 4 N–H and O–H groups in total. The van der Waals surface area contributed by atoms with Crippen molar-refractivity contribution >= 4 is 17.9 Å². The van der Waals surface area contributed by atoms with E-state index in [9.17, 15) is 34.8 Å². The van der Waals surface area contributed by atoms with E-state index < -0.39 is 61.3 Å². The fraction of sp³-hybridized carbons (Fsp3) is 0.804. The lowest BCUT2D eigenvalue weighted by Gasteiger charge is -2.38. The van der Waals surface area contributed by atoms with Crippen LogP contribution in [0.4, 0.5) is 0 Å². The molecule has 0 bridgehead atoms. The summed E-state index contributed by atoms with van der Waals surface area (Å²) >= 11 is 0. The number of rotatable bonds is 46. The maximum atomic E-state index is 12.9. The molecule has 0 radical (unpaired) electrons. The Hall–Kier alpha value is -2.83. The molecule has 1 fully saturated rings. The number of unbranched alkanes of at least 4 members (excludes halogenated alkanes) is 27. The second-order valence-electron chi connectivity index (χ2n) is 18.7. The Morgan fingerprint density at radius 1 is 0.478 bits per heavy atom. The maximum Gasteiger partial charge on any atom is 0.335 e. The van der Waals surface area contributed by atoms with Crippen molar-refractivity contribution in [2.24, 2.45) is 0 Å². The Bertz CT molecular complexity index is 1300. The predicted molar refractivity (Wildman–Crippen MR) is 271 cm³/mol. The van der Waals surface area contributed by atoms with Crippen LogP contribution in [0.2, 0.25) is 0 Å². The fourth-order valence-electron chi connectivity index (χ4n) is 8.23. The highest BCUT2D eigenvalue weighted by Gasteiger charge is 2.47. The molecule has 1 saturated heterocycles. The van der Waals surface area contributed by atoms with Gasteiger partial charge in [0, 0.05) is 12.8 Å². The van der Waals surface area contributed by atoms with Crippen molar-refractivity contribution in [2.75, 3.05) is 13.2 Å². The van der Waals surface area contributed by atoms with Crippen molar-refractivity contribution in [3.63, 3.8) is 0 Å². The lowest BCUT2D eigenvalue weighted by molar-refractivity contribution is -0.298. The Balaban J connectivity index is 2.26. The number of carbonyl (C=O) groups is 3. The second-order valence-corrected chi connectivity index (χ2v) is 18.7. The Kier molecular flexibility index (Phi) is 42.3. The Labute approximate surface area is 407 Å². The summed E-state index contributed by atoms with van der Waals surface area (Å²) in [6.45, 7) is 3.72. The predicted octanol–water partition coefficient (Wildman–Crippen LogP) is 13.3. The van der Waals surface area contributed by atoms with Gasteiger partial charge in [-0.25, -0.2) is 4.79 Å². The molecule has 1 rings (SSSR count). The second kappa shape index (κ2) is 45.6. The standard InChI is InChI=1S/C56H98O11/c1-3-5-7-9-11-13-15-17-19-21-22-23-24-25-26-27-29-31-33-35-37-39-41-43-45-50(58)66-48(47-65-56-53(61)51(59)52(60)54(67-56)55(62)63)46-64-49(57)44-42-40-38-36-34-32-30-28-20-18-16-14-12-10-8-6-4-2/h6,8,12,14,18,20,30,32,48,51-54,56,59-61H,3-5,7,9-11,13,15-17,19,21-29,31,33-47H2,1-2H3,(H,62,63)/b8-6-,14-12-,20-18-,32-30-. The van der Waals surface area contributed by atoms with Gasteiger partial charge in [-0.05, 0) is 51.4 Å². The molecule has 0 aromatic rings. The van der Waals surface area contributed by atoms with E-state index >= 15 is 0 Å². The molecule has 0 saturated carbocycles. The summed E-state index contributed by atoms with van der Waals surface area (Å²) in [6, 6.07) is 0. The summed E-state index contributed by atoms with van der Waals surface area (Å²) < 4.78 is 21.8. The molecule has 0 amide bonds. The molecule has 1 aliphatic rings. The first-order chi connectivity index (χ1) is 32.7. The van der Waals surface area contributed by atoms with Gasteiger partial charge < -0.3 is 39.4 Å². The maximum absolute atomic E-state index is 12.9. The molecular formula is C56H98O11.